The number of nitrogens with one attached hydrogen (secondary N) is 1. The lowest BCUT2D eigenvalue weighted by Crippen LogP contribution is -2.32. The summed E-state index contributed by atoms with van der Waals surface area (Å²) < 4.78 is 0.935. The molecule has 1 heterocycles. The molecule has 0 bridgehead atoms. The summed E-state index contributed by atoms with van der Waals surface area (Å²) in [6.07, 6.45) is 1.43. The summed E-state index contributed by atoms with van der Waals surface area (Å²) in [7, 11) is 0. The fourth-order valence-electron chi connectivity index (χ4n) is 0.606. The Morgan fingerprint density at radius 1 is 1.64 bits per heavy atom. The highest BCUT2D eigenvalue weighted by atomic mass is 79.9. The van der Waals surface area contributed by atoms with Crippen molar-refractivity contribution in [1.82, 2.24) is 5.43 Å². The third-order valence-electron chi connectivity index (χ3n) is 1.17. The summed E-state index contributed by atoms with van der Waals surface area (Å²) in [5.41, 5.74) is 6.68. The van der Waals surface area contributed by atoms with Crippen molar-refractivity contribution in [3.05, 3.63) is 20.8 Å². The molecule has 0 aliphatic carbocycles. The third kappa shape index (κ3) is 3.27. The third-order valence-corrected chi connectivity index (χ3v) is 2.80. The second-order valence-corrected chi connectivity index (χ2v) is 4.09. The van der Waals surface area contributed by atoms with Gasteiger partial charge in [0.1, 0.15) is 0 Å². The first-order valence-corrected chi connectivity index (χ1v) is 5.13. The molecule has 7 heteroatoms. The van der Waals surface area contributed by atoms with Gasteiger partial charge in [-0.15, -0.1) is 11.3 Å². The Bertz CT molecular complexity index is 388. The molecule has 1 rings (SSSR count). The van der Waals surface area contributed by atoms with Gasteiger partial charge in [-0.3, -0.25) is 9.59 Å². The molecule has 0 aliphatic heterocycles. The van der Waals surface area contributed by atoms with Crippen molar-refractivity contribution in [3.63, 3.8) is 0 Å². The molecule has 0 aromatic carbocycles. The highest BCUT2D eigenvalue weighted by molar-refractivity contribution is 9.10. The van der Waals surface area contributed by atoms with Crippen LogP contribution >= 0.6 is 27.3 Å². The topological polar surface area (TPSA) is 84.5 Å². The molecule has 0 radical (unpaired) electrons. The van der Waals surface area contributed by atoms with Crippen LogP contribution in [-0.2, 0) is 9.59 Å². The van der Waals surface area contributed by atoms with Gasteiger partial charge in [-0.05, 0) is 22.0 Å². The van der Waals surface area contributed by atoms with E-state index in [0.29, 0.717) is 0 Å². The van der Waals surface area contributed by atoms with Crippen molar-refractivity contribution in [2.75, 3.05) is 0 Å². The Morgan fingerprint density at radius 2 is 2.36 bits per heavy atom. The first kappa shape index (κ1) is 10.9. The Labute approximate surface area is 92.1 Å². The average molecular weight is 276 g/mol. The summed E-state index contributed by atoms with van der Waals surface area (Å²) in [4.78, 5) is 21.8. The Morgan fingerprint density at radius 3 is 2.86 bits per heavy atom. The number of hydrazone groups is 1. The Hall–Kier alpha value is -1.21. The Kier molecular flexibility index (Phi) is 3.78. The van der Waals surface area contributed by atoms with Crippen LogP contribution in [0.2, 0.25) is 0 Å². The number of carbonyl (C=O) groups is 2. The van der Waals surface area contributed by atoms with Gasteiger partial charge in [0.2, 0.25) is 0 Å². The number of hydrogen-bond donors (Lipinski definition) is 2. The lowest BCUT2D eigenvalue weighted by Gasteiger charge is -1.91. The Balaban J connectivity index is 2.49. The van der Waals surface area contributed by atoms with E-state index >= 15 is 0 Å². The fraction of sp³-hybridized carbons (Fsp3) is 0. The van der Waals surface area contributed by atoms with Gasteiger partial charge in [0, 0.05) is 14.7 Å². The van der Waals surface area contributed by atoms with Crippen molar-refractivity contribution in [3.8, 4) is 0 Å². The van der Waals surface area contributed by atoms with Crippen LogP contribution in [0.3, 0.4) is 0 Å². The van der Waals surface area contributed by atoms with E-state index in [0.717, 1.165) is 9.35 Å². The van der Waals surface area contributed by atoms with Crippen LogP contribution in [0.15, 0.2) is 21.0 Å². The maximum Gasteiger partial charge on any atom is 0.329 e. The predicted molar refractivity (Wildman–Crippen MR) is 57.0 cm³/mol. The molecule has 1 aromatic heterocycles. The van der Waals surface area contributed by atoms with Gasteiger partial charge in [-0.2, -0.15) is 5.10 Å². The molecule has 0 aliphatic rings. The molecule has 0 unspecified atom stereocenters. The maximum atomic E-state index is 10.6. The molecule has 2 amide bonds. The number of thiophene rings is 1. The molecule has 14 heavy (non-hydrogen) atoms. The number of nitrogens with zero attached hydrogens (tertiary/aromatic N) is 1. The van der Waals surface area contributed by atoms with Gasteiger partial charge in [0.05, 0.1) is 6.21 Å². The minimum Gasteiger partial charge on any atom is -0.361 e. The summed E-state index contributed by atoms with van der Waals surface area (Å²) in [6.45, 7) is 0. The average Bonchev–Trinajstić information content (AvgIpc) is 2.51. The molecule has 74 valence electrons. The molecule has 0 spiro atoms. The minimum atomic E-state index is -1.06. The maximum absolute atomic E-state index is 10.6. The van der Waals surface area contributed by atoms with Crippen LogP contribution in [0, 0.1) is 0 Å². The molecular weight excluding hydrogens is 270 g/mol. The predicted octanol–water partition coefficient (Wildman–Crippen LogP) is 0.446. The first-order valence-electron chi connectivity index (χ1n) is 3.46. The van der Waals surface area contributed by atoms with Crippen LogP contribution in [0.1, 0.15) is 4.88 Å². The number of amides is 2. The molecule has 0 saturated heterocycles. The van der Waals surface area contributed by atoms with E-state index in [1.54, 1.807) is 0 Å². The van der Waals surface area contributed by atoms with Crippen LogP contribution < -0.4 is 11.2 Å². The first-order chi connectivity index (χ1) is 6.59. The molecule has 3 N–H and O–H groups in total. The number of primary amides is 1. The zero-order chi connectivity index (χ0) is 10.6. The van der Waals surface area contributed by atoms with Crippen molar-refractivity contribution in [1.29, 1.82) is 0 Å². The molecule has 0 saturated carbocycles. The largest absolute Gasteiger partial charge is 0.361 e. The minimum absolute atomic E-state index is 0.849. The number of halogens is 1. The number of carbonyl (C=O) groups excluding carboxylic acids is 2. The van der Waals surface area contributed by atoms with Gasteiger partial charge >= 0.3 is 11.8 Å². The van der Waals surface area contributed by atoms with Gasteiger partial charge in [0.25, 0.3) is 0 Å². The van der Waals surface area contributed by atoms with E-state index in [1.165, 1.54) is 17.6 Å². The van der Waals surface area contributed by atoms with Crippen molar-refractivity contribution in [2.24, 2.45) is 10.8 Å². The van der Waals surface area contributed by atoms with E-state index in [1.807, 2.05) is 16.9 Å². The van der Waals surface area contributed by atoms with E-state index in [2.05, 4.69) is 26.8 Å². The zero-order valence-electron chi connectivity index (χ0n) is 6.86. The monoisotopic (exact) mass is 275 g/mol. The van der Waals surface area contributed by atoms with Gasteiger partial charge < -0.3 is 5.73 Å². The lowest BCUT2D eigenvalue weighted by atomic mass is 10.5. The molecule has 1 aromatic rings. The highest BCUT2D eigenvalue weighted by Gasteiger charge is 2.05. The van der Waals surface area contributed by atoms with Crippen molar-refractivity contribution in [2.45, 2.75) is 0 Å². The summed E-state index contributed by atoms with van der Waals surface area (Å²) in [6, 6.07) is 1.82. The summed E-state index contributed by atoms with van der Waals surface area (Å²) in [5, 5.41) is 5.41. The fourth-order valence-corrected chi connectivity index (χ4v) is 1.91. The zero-order valence-corrected chi connectivity index (χ0v) is 9.26. The number of rotatable bonds is 2. The standard InChI is InChI=1S/C7H6BrN3O2S/c8-4-1-5(14-3-4)2-10-11-7(13)6(9)12/h1-3H,(H2,9,12)(H,11,13)/b10-2-. The molecular formula is C7H6BrN3O2S. The molecule has 0 atom stereocenters. The van der Waals surface area contributed by atoms with Crippen LogP contribution in [0.5, 0.6) is 0 Å². The van der Waals surface area contributed by atoms with E-state index in [-0.39, 0.29) is 0 Å². The van der Waals surface area contributed by atoms with E-state index < -0.39 is 11.8 Å². The van der Waals surface area contributed by atoms with Crippen LogP contribution in [-0.4, -0.2) is 18.0 Å². The normalized spacial score (nSPS) is 10.4. The second kappa shape index (κ2) is 4.87. The molecule has 5 nitrogen and oxygen atoms in total. The van der Waals surface area contributed by atoms with Gasteiger partial charge in [-0.1, -0.05) is 0 Å². The van der Waals surface area contributed by atoms with Crippen molar-refractivity contribution >= 4 is 45.3 Å². The highest BCUT2D eigenvalue weighted by Crippen LogP contribution is 2.17. The van der Waals surface area contributed by atoms with E-state index in [4.69, 9.17) is 0 Å². The lowest BCUT2D eigenvalue weighted by molar-refractivity contribution is -0.137. The molecule has 0 fully saturated rings. The van der Waals surface area contributed by atoms with E-state index in [9.17, 15) is 9.59 Å². The summed E-state index contributed by atoms with van der Waals surface area (Å²) >= 11 is 4.71. The smallest absolute Gasteiger partial charge is 0.329 e. The number of hydrogen-bond acceptors (Lipinski definition) is 4. The quantitative estimate of drug-likeness (QED) is 0.467. The van der Waals surface area contributed by atoms with Crippen LogP contribution in [0.25, 0.3) is 0 Å². The van der Waals surface area contributed by atoms with Gasteiger partial charge in [-0.25, -0.2) is 5.43 Å². The summed E-state index contributed by atoms with van der Waals surface area (Å²) in [5.74, 6) is -1.99. The second-order valence-electron chi connectivity index (χ2n) is 2.23. The van der Waals surface area contributed by atoms with Gasteiger partial charge in [0.15, 0.2) is 0 Å². The SMILES string of the molecule is NC(=O)C(=O)N/N=C\c1cc(Br)cs1. The number of nitrogens with two attached hydrogens (primary N) is 1. The van der Waals surface area contributed by atoms with Crippen molar-refractivity contribution < 1.29 is 9.59 Å². The van der Waals surface area contributed by atoms with Crippen LogP contribution in [0.4, 0.5) is 0 Å².